The summed E-state index contributed by atoms with van der Waals surface area (Å²) >= 11 is 0. The molecular formula is C19H20N2O2. The molecule has 2 aromatic carbocycles. The van der Waals surface area contributed by atoms with Crippen molar-refractivity contribution in [3.05, 3.63) is 66.2 Å². The fourth-order valence-electron chi connectivity index (χ4n) is 2.86. The van der Waals surface area contributed by atoms with Crippen LogP contribution in [-0.4, -0.2) is 24.9 Å². The number of hydrogen-bond acceptors (Lipinski definition) is 2. The second-order valence-electron chi connectivity index (χ2n) is 5.77. The maximum absolute atomic E-state index is 12.3. The molecule has 0 aromatic heterocycles. The number of carbonyl (C=O) groups is 2. The Balaban J connectivity index is 1.52. The molecule has 0 spiro atoms. The average Bonchev–Trinajstić information content (AvgIpc) is 2.98. The Hall–Kier alpha value is -2.62. The zero-order valence-corrected chi connectivity index (χ0v) is 12.9. The molecule has 4 nitrogen and oxygen atoms in total. The molecule has 1 saturated heterocycles. The Bertz CT molecular complexity index is 670. The maximum atomic E-state index is 12.3. The van der Waals surface area contributed by atoms with Crippen molar-refractivity contribution in [2.45, 2.75) is 12.8 Å². The standard InChI is InChI=1S/C19H20N2O2/c22-18-13-16(14-21(18)17-9-5-2-6-10-17)19(23)20-12-11-15-7-3-1-4-8-15/h1-10,16H,11-14H2,(H,20,23)/t16-/m1/s1. The van der Waals surface area contributed by atoms with E-state index in [2.05, 4.69) is 5.32 Å². The molecule has 0 radical (unpaired) electrons. The highest BCUT2D eigenvalue weighted by atomic mass is 16.2. The van der Waals surface area contributed by atoms with Gasteiger partial charge in [-0.2, -0.15) is 0 Å². The van der Waals surface area contributed by atoms with Crippen molar-refractivity contribution < 1.29 is 9.59 Å². The van der Waals surface area contributed by atoms with Gasteiger partial charge in [-0.1, -0.05) is 48.5 Å². The molecule has 4 heteroatoms. The smallest absolute Gasteiger partial charge is 0.227 e. The number of nitrogens with zero attached hydrogens (tertiary/aromatic N) is 1. The monoisotopic (exact) mass is 308 g/mol. The summed E-state index contributed by atoms with van der Waals surface area (Å²) in [7, 11) is 0. The van der Waals surface area contributed by atoms with Gasteiger partial charge in [-0.3, -0.25) is 9.59 Å². The lowest BCUT2D eigenvalue weighted by Gasteiger charge is -2.16. The highest BCUT2D eigenvalue weighted by molar-refractivity contribution is 6.00. The third kappa shape index (κ3) is 3.77. The molecule has 1 aliphatic rings. The lowest BCUT2D eigenvalue weighted by molar-refractivity contribution is -0.126. The molecular weight excluding hydrogens is 288 g/mol. The van der Waals surface area contributed by atoms with Crippen LogP contribution < -0.4 is 10.2 Å². The van der Waals surface area contributed by atoms with Crippen LogP contribution in [0.1, 0.15) is 12.0 Å². The SMILES string of the molecule is O=C(NCCc1ccccc1)[C@@H]1CC(=O)N(c2ccccc2)C1. The largest absolute Gasteiger partial charge is 0.355 e. The van der Waals surface area contributed by atoms with E-state index in [1.165, 1.54) is 5.56 Å². The average molecular weight is 308 g/mol. The van der Waals surface area contributed by atoms with Crippen LogP contribution in [0.15, 0.2) is 60.7 Å². The third-order valence-corrected chi connectivity index (χ3v) is 4.12. The van der Waals surface area contributed by atoms with Crippen LogP contribution >= 0.6 is 0 Å². The molecule has 0 unspecified atom stereocenters. The summed E-state index contributed by atoms with van der Waals surface area (Å²) in [5, 5.41) is 2.95. The van der Waals surface area contributed by atoms with Crippen LogP contribution in [-0.2, 0) is 16.0 Å². The molecule has 1 heterocycles. The van der Waals surface area contributed by atoms with Crippen molar-refractivity contribution in [2.24, 2.45) is 5.92 Å². The summed E-state index contributed by atoms with van der Waals surface area (Å²) in [6.45, 7) is 1.05. The van der Waals surface area contributed by atoms with Crippen molar-refractivity contribution in [1.29, 1.82) is 0 Å². The van der Waals surface area contributed by atoms with Crippen LogP contribution in [0.5, 0.6) is 0 Å². The summed E-state index contributed by atoms with van der Waals surface area (Å²) < 4.78 is 0. The maximum Gasteiger partial charge on any atom is 0.227 e. The van der Waals surface area contributed by atoms with Crippen molar-refractivity contribution in [1.82, 2.24) is 5.32 Å². The first-order chi connectivity index (χ1) is 11.2. The quantitative estimate of drug-likeness (QED) is 0.922. The van der Waals surface area contributed by atoms with E-state index < -0.39 is 0 Å². The topological polar surface area (TPSA) is 49.4 Å². The van der Waals surface area contributed by atoms with E-state index in [4.69, 9.17) is 0 Å². The van der Waals surface area contributed by atoms with E-state index in [0.29, 0.717) is 13.1 Å². The fraction of sp³-hybridized carbons (Fsp3) is 0.263. The summed E-state index contributed by atoms with van der Waals surface area (Å²) in [6, 6.07) is 19.6. The molecule has 1 fully saturated rings. The van der Waals surface area contributed by atoms with Gasteiger partial charge in [0.25, 0.3) is 0 Å². The molecule has 0 saturated carbocycles. The van der Waals surface area contributed by atoms with E-state index in [9.17, 15) is 9.59 Å². The van der Waals surface area contributed by atoms with Crippen molar-refractivity contribution in [3.63, 3.8) is 0 Å². The van der Waals surface area contributed by atoms with Gasteiger partial charge in [-0.25, -0.2) is 0 Å². The van der Waals surface area contributed by atoms with E-state index in [0.717, 1.165) is 12.1 Å². The molecule has 3 rings (SSSR count). The van der Waals surface area contributed by atoms with E-state index >= 15 is 0 Å². The Morgan fingerprint density at radius 1 is 1.04 bits per heavy atom. The van der Waals surface area contributed by atoms with Crippen molar-refractivity contribution >= 4 is 17.5 Å². The van der Waals surface area contributed by atoms with Crippen LogP contribution in [0.25, 0.3) is 0 Å². The van der Waals surface area contributed by atoms with Gasteiger partial charge in [0, 0.05) is 25.2 Å². The van der Waals surface area contributed by atoms with Gasteiger partial charge >= 0.3 is 0 Å². The highest BCUT2D eigenvalue weighted by Gasteiger charge is 2.34. The Labute approximate surface area is 136 Å². The Kier molecular flexibility index (Phi) is 4.71. The molecule has 118 valence electrons. The first-order valence-corrected chi connectivity index (χ1v) is 7.91. The van der Waals surface area contributed by atoms with Crippen LogP contribution in [0.4, 0.5) is 5.69 Å². The number of amides is 2. The predicted molar refractivity (Wildman–Crippen MR) is 90.1 cm³/mol. The van der Waals surface area contributed by atoms with E-state index in [1.807, 2.05) is 60.7 Å². The number of benzene rings is 2. The number of hydrogen-bond donors (Lipinski definition) is 1. The van der Waals surface area contributed by atoms with Gasteiger partial charge in [0.2, 0.25) is 11.8 Å². The first kappa shape index (κ1) is 15.3. The van der Waals surface area contributed by atoms with Gasteiger partial charge in [0.05, 0.1) is 5.92 Å². The second kappa shape index (κ2) is 7.09. The summed E-state index contributed by atoms with van der Waals surface area (Å²) in [5.74, 6) is -0.286. The third-order valence-electron chi connectivity index (χ3n) is 4.12. The van der Waals surface area contributed by atoms with E-state index in [1.54, 1.807) is 4.90 Å². The van der Waals surface area contributed by atoms with Gasteiger partial charge in [-0.05, 0) is 24.1 Å². The molecule has 0 aliphatic carbocycles. The van der Waals surface area contributed by atoms with Gasteiger partial charge in [-0.15, -0.1) is 0 Å². The molecule has 1 atom stereocenters. The summed E-state index contributed by atoms with van der Waals surface area (Å²) in [6.07, 6.45) is 1.09. The molecule has 0 bridgehead atoms. The number of nitrogens with one attached hydrogen (secondary N) is 1. The number of carbonyl (C=O) groups excluding carboxylic acids is 2. The fourth-order valence-corrected chi connectivity index (χ4v) is 2.86. The molecule has 2 amide bonds. The first-order valence-electron chi connectivity index (χ1n) is 7.91. The highest BCUT2D eigenvalue weighted by Crippen LogP contribution is 2.24. The summed E-state index contributed by atoms with van der Waals surface area (Å²) in [4.78, 5) is 26.1. The number of anilines is 1. The van der Waals surface area contributed by atoms with Crippen LogP contribution in [0, 0.1) is 5.92 Å². The summed E-state index contributed by atoms with van der Waals surface area (Å²) in [5.41, 5.74) is 2.05. The predicted octanol–water partition coefficient (Wildman–Crippen LogP) is 2.40. The molecule has 23 heavy (non-hydrogen) atoms. The van der Waals surface area contributed by atoms with Gasteiger partial charge < -0.3 is 10.2 Å². The molecule has 1 aliphatic heterocycles. The Morgan fingerprint density at radius 2 is 1.70 bits per heavy atom. The minimum atomic E-state index is -0.265. The normalized spacial score (nSPS) is 17.3. The van der Waals surface area contributed by atoms with Gasteiger partial charge in [0.15, 0.2) is 0 Å². The van der Waals surface area contributed by atoms with Crippen molar-refractivity contribution in [3.8, 4) is 0 Å². The van der Waals surface area contributed by atoms with Crippen LogP contribution in [0.3, 0.4) is 0 Å². The lowest BCUT2D eigenvalue weighted by Crippen LogP contribution is -2.34. The van der Waals surface area contributed by atoms with Gasteiger partial charge in [0.1, 0.15) is 0 Å². The minimum Gasteiger partial charge on any atom is -0.355 e. The zero-order valence-electron chi connectivity index (χ0n) is 12.9. The number of para-hydroxylation sites is 1. The van der Waals surface area contributed by atoms with Crippen LogP contribution in [0.2, 0.25) is 0 Å². The van der Waals surface area contributed by atoms with Crippen molar-refractivity contribution in [2.75, 3.05) is 18.0 Å². The minimum absolute atomic E-state index is 0.0133. The molecule has 2 aromatic rings. The molecule has 1 N–H and O–H groups in total. The Morgan fingerprint density at radius 3 is 2.39 bits per heavy atom. The zero-order chi connectivity index (χ0) is 16.1. The lowest BCUT2D eigenvalue weighted by atomic mass is 10.1. The van der Waals surface area contributed by atoms with E-state index in [-0.39, 0.29) is 24.2 Å². The number of rotatable bonds is 5. The second-order valence-corrected chi connectivity index (χ2v) is 5.77.